The van der Waals surface area contributed by atoms with Gasteiger partial charge in [0.2, 0.25) is 0 Å². The lowest BCUT2D eigenvalue weighted by atomic mass is 10.1. The molecule has 2 N–H and O–H groups in total. The summed E-state index contributed by atoms with van der Waals surface area (Å²) in [6.45, 7) is 0.252. The molecule has 3 rings (SSSR count). The lowest BCUT2D eigenvalue weighted by molar-refractivity contribution is -0.140. The Balaban J connectivity index is 1.64. The number of anilines is 1. The fourth-order valence-corrected chi connectivity index (χ4v) is 2.68. The van der Waals surface area contributed by atoms with Crippen molar-refractivity contribution in [3.63, 3.8) is 0 Å². The Morgan fingerprint density at radius 2 is 1.67 bits per heavy atom. The third-order valence-corrected chi connectivity index (χ3v) is 3.96. The number of para-hydroxylation sites is 1. The number of amides is 3. The Morgan fingerprint density at radius 3 is 2.42 bits per heavy atom. The molecule has 0 aliphatic carbocycles. The third-order valence-electron chi connectivity index (χ3n) is 3.96. The van der Waals surface area contributed by atoms with E-state index in [0.717, 1.165) is 11.3 Å². The summed E-state index contributed by atoms with van der Waals surface area (Å²) in [7, 11) is 1.64. The van der Waals surface area contributed by atoms with Crippen molar-refractivity contribution in [3.8, 4) is 0 Å². The standard InChI is InChI=1S/C18H17N3O3/c1-21-14-10-6-5-9-13(14)15(18(21)24)20-17(23)16(22)19-11-12-7-3-2-4-8-12/h2-10,15H,11H2,1H3,(H,19,22)(H,20,23)/t15-/m0/s1. The monoisotopic (exact) mass is 323 g/mol. The largest absolute Gasteiger partial charge is 0.344 e. The summed E-state index contributed by atoms with van der Waals surface area (Å²) < 4.78 is 0. The summed E-state index contributed by atoms with van der Waals surface area (Å²) in [5.41, 5.74) is 2.31. The highest BCUT2D eigenvalue weighted by atomic mass is 16.2. The molecule has 0 spiro atoms. The molecule has 0 radical (unpaired) electrons. The molecule has 6 nitrogen and oxygen atoms in total. The first-order chi connectivity index (χ1) is 11.6. The van der Waals surface area contributed by atoms with Crippen LogP contribution < -0.4 is 15.5 Å². The molecule has 1 atom stereocenters. The number of likely N-dealkylation sites (N-methyl/N-ethyl adjacent to an activating group) is 1. The molecular weight excluding hydrogens is 306 g/mol. The molecule has 0 saturated carbocycles. The quantitative estimate of drug-likeness (QED) is 0.831. The third kappa shape index (κ3) is 2.99. The van der Waals surface area contributed by atoms with Crippen molar-refractivity contribution >= 4 is 23.4 Å². The second-order valence-electron chi connectivity index (χ2n) is 5.53. The molecule has 1 aliphatic rings. The van der Waals surface area contributed by atoms with E-state index in [9.17, 15) is 14.4 Å². The SMILES string of the molecule is CN1C(=O)[C@@H](NC(=O)C(=O)NCc2ccccc2)c2ccccc21. The maximum Gasteiger partial charge on any atom is 0.310 e. The Kier molecular flexibility index (Phi) is 4.29. The second kappa shape index (κ2) is 6.54. The normalized spacial score (nSPS) is 15.8. The number of hydrogen-bond acceptors (Lipinski definition) is 3. The number of nitrogens with one attached hydrogen (secondary N) is 2. The van der Waals surface area contributed by atoms with Crippen LogP contribution in [0.1, 0.15) is 17.2 Å². The van der Waals surface area contributed by atoms with Crippen LogP contribution in [0.15, 0.2) is 54.6 Å². The van der Waals surface area contributed by atoms with Crippen LogP contribution in [0.4, 0.5) is 5.69 Å². The average Bonchev–Trinajstić information content (AvgIpc) is 2.86. The Hall–Kier alpha value is -3.15. The zero-order valence-electron chi connectivity index (χ0n) is 13.2. The molecule has 0 bridgehead atoms. The van der Waals surface area contributed by atoms with E-state index < -0.39 is 17.9 Å². The van der Waals surface area contributed by atoms with Crippen LogP contribution >= 0.6 is 0 Å². The molecule has 0 unspecified atom stereocenters. The first-order valence-corrected chi connectivity index (χ1v) is 7.57. The van der Waals surface area contributed by atoms with Gasteiger partial charge in [0, 0.05) is 24.8 Å². The minimum atomic E-state index is -0.832. The van der Waals surface area contributed by atoms with Gasteiger partial charge in [0.05, 0.1) is 0 Å². The maximum atomic E-state index is 12.3. The van der Waals surface area contributed by atoms with Gasteiger partial charge in [0.25, 0.3) is 5.91 Å². The maximum absolute atomic E-state index is 12.3. The zero-order valence-corrected chi connectivity index (χ0v) is 13.2. The van der Waals surface area contributed by atoms with Crippen molar-refractivity contribution < 1.29 is 14.4 Å². The average molecular weight is 323 g/mol. The highest BCUT2D eigenvalue weighted by Gasteiger charge is 2.36. The Morgan fingerprint density at radius 1 is 1.00 bits per heavy atom. The van der Waals surface area contributed by atoms with Crippen LogP contribution in [0, 0.1) is 0 Å². The van der Waals surface area contributed by atoms with Crippen LogP contribution in [0.2, 0.25) is 0 Å². The second-order valence-corrected chi connectivity index (χ2v) is 5.53. The molecule has 2 aromatic carbocycles. The van der Waals surface area contributed by atoms with E-state index >= 15 is 0 Å². The number of hydrogen-bond donors (Lipinski definition) is 2. The smallest absolute Gasteiger partial charge is 0.310 e. The van der Waals surface area contributed by atoms with Gasteiger partial charge in [-0.3, -0.25) is 14.4 Å². The predicted octanol–water partition coefficient (Wildman–Crippen LogP) is 1.14. The molecular formula is C18H17N3O3. The van der Waals surface area contributed by atoms with Crippen molar-refractivity contribution in [2.75, 3.05) is 11.9 Å². The molecule has 0 saturated heterocycles. The van der Waals surface area contributed by atoms with E-state index in [1.54, 1.807) is 25.2 Å². The van der Waals surface area contributed by atoms with Gasteiger partial charge in [-0.15, -0.1) is 0 Å². The summed E-state index contributed by atoms with van der Waals surface area (Å²) in [4.78, 5) is 37.8. The minimum Gasteiger partial charge on any atom is -0.344 e. The molecule has 0 aromatic heterocycles. The first kappa shape index (κ1) is 15.7. The van der Waals surface area contributed by atoms with Crippen molar-refractivity contribution in [2.45, 2.75) is 12.6 Å². The lowest BCUT2D eigenvalue weighted by Crippen LogP contribution is -2.43. The van der Waals surface area contributed by atoms with E-state index in [2.05, 4.69) is 10.6 Å². The van der Waals surface area contributed by atoms with Crippen LogP contribution in [-0.4, -0.2) is 24.8 Å². The molecule has 1 aliphatic heterocycles. The van der Waals surface area contributed by atoms with Gasteiger partial charge < -0.3 is 15.5 Å². The Bertz CT molecular complexity index is 789. The first-order valence-electron chi connectivity index (χ1n) is 7.57. The van der Waals surface area contributed by atoms with Gasteiger partial charge in [-0.05, 0) is 11.6 Å². The van der Waals surface area contributed by atoms with E-state index in [1.165, 1.54) is 4.90 Å². The topological polar surface area (TPSA) is 78.5 Å². The van der Waals surface area contributed by atoms with Gasteiger partial charge in [-0.25, -0.2) is 0 Å². The molecule has 2 aromatic rings. The number of rotatable bonds is 3. The van der Waals surface area contributed by atoms with Gasteiger partial charge >= 0.3 is 11.8 Å². The summed E-state index contributed by atoms with van der Waals surface area (Å²) in [5, 5.41) is 5.06. The van der Waals surface area contributed by atoms with Crippen LogP contribution in [0.5, 0.6) is 0 Å². The number of carbonyl (C=O) groups excluding carboxylic acids is 3. The van der Waals surface area contributed by atoms with E-state index in [0.29, 0.717) is 5.56 Å². The fraction of sp³-hybridized carbons (Fsp3) is 0.167. The highest BCUT2D eigenvalue weighted by molar-refractivity contribution is 6.35. The van der Waals surface area contributed by atoms with Crippen LogP contribution in [0.3, 0.4) is 0 Å². The Labute approximate surface area is 139 Å². The lowest BCUT2D eigenvalue weighted by Gasteiger charge is -2.13. The van der Waals surface area contributed by atoms with Gasteiger partial charge in [-0.2, -0.15) is 0 Å². The van der Waals surface area contributed by atoms with Crippen LogP contribution in [0.25, 0.3) is 0 Å². The summed E-state index contributed by atoms with van der Waals surface area (Å²) >= 11 is 0. The molecule has 3 amide bonds. The summed E-state index contributed by atoms with van der Waals surface area (Å²) in [5.74, 6) is -1.85. The van der Waals surface area contributed by atoms with Crippen molar-refractivity contribution in [2.24, 2.45) is 0 Å². The number of benzene rings is 2. The van der Waals surface area contributed by atoms with E-state index in [-0.39, 0.29) is 12.5 Å². The van der Waals surface area contributed by atoms with Crippen molar-refractivity contribution in [1.82, 2.24) is 10.6 Å². The molecule has 0 fully saturated rings. The van der Waals surface area contributed by atoms with Gasteiger partial charge in [0.15, 0.2) is 0 Å². The van der Waals surface area contributed by atoms with Gasteiger partial charge in [0.1, 0.15) is 6.04 Å². The molecule has 6 heteroatoms. The molecule has 1 heterocycles. The van der Waals surface area contributed by atoms with E-state index in [1.807, 2.05) is 36.4 Å². The predicted molar refractivity (Wildman–Crippen MR) is 89.0 cm³/mol. The zero-order chi connectivity index (χ0) is 17.1. The van der Waals surface area contributed by atoms with Crippen molar-refractivity contribution in [1.29, 1.82) is 0 Å². The van der Waals surface area contributed by atoms with Crippen molar-refractivity contribution in [3.05, 3.63) is 65.7 Å². The summed E-state index contributed by atoms with van der Waals surface area (Å²) in [6, 6.07) is 15.6. The van der Waals surface area contributed by atoms with Gasteiger partial charge in [-0.1, -0.05) is 48.5 Å². The molecule has 24 heavy (non-hydrogen) atoms. The highest BCUT2D eigenvalue weighted by Crippen LogP contribution is 2.34. The number of nitrogens with zero attached hydrogens (tertiary/aromatic N) is 1. The fourth-order valence-electron chi connectivity index (χ4n) is 2.68. The number of carbonyl (C=O) groups is 3. The molecule has 122 valence electrons. The van der Waals surface area contributed by atoms with E-state index in [4.69, 9.17) is 0 Å². The number of fused-ring (bicyclic) bond motifs is 1. The minimum absolute atomic E-state index is 0.252. The van der Waals surface area contributed by atoms with Crippen LogP contribution in [-0.2, 0) is 20.9 Å². The summed E-state index contributed by atoms with van der Waals surface area (Å²) in [6.07, 6.45) is 0.